The molecule has 1 N–H and O–H groups in total. The normalized spacial score (nSPS) is 6.17. The van der Waals surface area contributed by atoms with E-state index < -0.39 is 5.97 Å². The predicted octanol–water partition coefficient (Wildman–Crippen LogP) is 0.100. The Hall–Kier alpha value is 0.470. The number of rotatable bonds is 1. The summed E-state index contributed by atoms with van der Waals surface area (Å²) in [5.41, 5.74) is 0. The van der Waals surface area contributed by atoms with Crippen LogP contribution in [0.15, 0.2) is 0 Å². The molecule has 0 heterocycles. The van der Waals surface area contributed by atoms with Crippen molar-refractivity contribution in [1.29, 1.82) is 0 Å². The van der Waals surface area contributed by atoms with Crippen LogP contribution in [-0.4, -0.2) is 40.6 Å². The van der Waals surface area contributed by atoms with E-state index in [0.717, 1.165) is 0 Å². The van der Waals surface area contributed by atoms with Crippen molar-refractivity contribution < 1.29 is 9.90 Å². The summed E-state index contributed by atoms with van der Waals surface area (Å²) in [5, 5.41) is 7.72. The topological polar surface area (TPSA) is 37.3 Å². The summed E-state index contributed by atoms with van der Waals surface area (Å²) in [6.45, 7) is 1.60. The van der Waals surface area contributed by atoms with Gasteiger partial charge in [0.2, 0.25) is 0 Å². The fourth-order valence-corrected chi connectivity index (χ4v) is 0. The van der Waals surface area contributed by atoms with Crippen molar-refractivity contribution >= 4 is 35.5 Å². The molecule has 0 saturated heterocycles. The third kappa shape index (κ3) is 8.82. The van der Waals surface area contributed by atoms with Crippen LogP contribution in [0.5, 0.6) is 0 Å². The second kappa shape index (κ2) is 5.47. The fourth-order valence-electron chi connectivity index (χ4n) is 0. The molecule has 1 radical (unpaired) electrons. The van der Waals surface area contributed by atoms with Gasteiger partial charge in [0, 0.05) is 36.0 Å². The smallest absolute Gasteiger partial charge is 0.303 e. The van der Waals surface area contributed by atoms with E-state index in [1.165, 1.54) is 0 Å². The zero-order chi connectivity index (χ0) is 4.28. The number of carboxylic acids is 1. The average molecular weight is 99.1 g/mol. The molecule has 0 aliphatic carbocycles. The number of hydrogen-bond donors (Lipinski definition) is 1. The minimum Gasteiger partial charge on any atom is -0.481 e. The molecule has 0 bridgehead atoms. The number of hydrogen-bond acceptors (Lipinski definition) is 1. The SMILES string of the molecule is C[14CH2]C(=O)O.[Na]. The second-order valence-corrected chi connectivity index (χ2v) is 0.747. The Kier molecular flexibility index (Phi) is 8.83. The summed E-state index contributed by atoms with van der Waals surface area (Å²) >= 11 is 0. The standard InChI is InChI=1S/C3H6O2.Na/c1-2-3(4)5;/h2H2,1H3,(H,4,5);/i2+2;. The van der Waals surface area contributed by atoms with Gasteiger partial charge in [0.25, 0.3) is 0 Å². The van der Waals surface area contributed by atoms with Crippen LogP contribution in [0.2, 0.25) is 0 Å². The van der Waals surface area contributed by atoms with E-state index in [-0.39, 0.29) is 36.0 Å². The van der Waals surface area contributed by atoms with Gasteiger partial charge >= 0.3 is 5.97 Å². The Labute approximate surface area is 58.8 Å². The minimum absolute atomic E-state index is 0. The maximum Gasteiger partial charge on any atom is 0.303 e. The largest absolute Gasteiger partial charge is 0.481 e. The van der Waals surface area contributed by atoms with Crippen molar-refractivity contribution in [2.75, 3.05) is 0 Å². The molecule has 6 heavy (non-hydrogen) atoms. The van der Waals surface area contributed by atoms with Gasteiger partial charge in [0.05, 0.1) is 0 Å². The fraction of sp³-hybridized carbons (Fsp3) is 0.667. The summed E-state index contributed by atoms with van der Waals surface area (Å²) in [5.74, 6) is -0.745. The molecule has 0 saturated carbocycles. The first-order chi connectivity index (χ1) is 2.27. The van der Waals surface area contributed by atoms with Gasteiger partial charge in [-0.2, -0.15) is 0 Å². The van der Waals surface area contributed by atoms with Crippen molar-refractivity contribution in [2.45, 2.75) is 13.3 Å². The van der Waals surface area contributed by atoms with Gasteiger partial charge in [0.15, 0.2) is 0 Å². The third-order valence-corrected chi connectivity index (χ3v) is 0.302. The molecule has 3 heteroatoms. The molecule has 2 nitrogen and oxygen atoms in total. The molecule has 0 unspecified atom stereocenters. The minimum atomic E-state index is -0.745. The van der Waals surface area contributed by atoms with Gasteiger partial charge in [-0.15, -0.1) is 0 Å². The van der Waals surface area contributed by atoms with Crippen LogP contribution >= 0.6 is 0 Å². The van der Waals surface area contributed by atoms with Crippen molar-refractivity contribution in [3.63, 3.8) is 0 Å². The Morgan fingerprint density at radius 3 is 2.00 bits per heavy atom. The summed E-state index contributed by atoms with van der Waals surface area (Å²) in [6.07, 6.45) is 0.222. The zero-order valence-corrected chi connectivity index (χ0v) is 6.06. The number of aliphatic carboxylic acids is 1. The maximum absolute atomic E-state index is 9.37. The molecule has 0 aliphatic heterocycles. The summed E-state index contributed by atoms with van der Waals surface area (Å²) in [7, 11) is 0. The van der Waals surface area contributed by atoms with Gasteiger partial charge in [-0.05, 0) is 0 Å². The molecule has 0 aliphatic rings. The molecular formula is C3H6NaO2. The van der Waals surface area contributed by atoms with E-state index in [4.69, 9.17) is 5.11 Å². The van der Waals surface area contributed by atoms with Gasteiger partial charge < -0.3 is 5.11 Å². The molecule has 0 fully saturated rings. The van der Waals surface area contributed by atoms with Crippen molar-refractivity contribution in [1.82, 2.24) is 0 Å². The van der Waals surface area contributed by atoms with Crippen LogP contribution < -0.4 is 0 Å². The molecule has 0 spiro atoms. The monoisotopic (exact) mass is 99.0 g/mol. The van der Waals surface area contributed by atoms with E-state index in [9.17, 15) is 4.79 Å². The van der Waals surface area contributed by atoms with Gasteiger partial charge in [0.1, 0.15) is 0 Å². The number of carbonyl (C=O) groups is 1. The van der Waals surface area contributed by atoms with Crippen LogP contribution in [-0.2, 0) is 4.79 Å². The molecule has 0 rings (SSSR count). The van der Waals surface area contributed by atoms with E-state index in [2.05, 4.69) is 0 Å². The molecule has 0 amide bonds. The molecular weight excluding hydrogens is 93.0 g/mol. The van der Waals surface area contributed by atoms with Gasteiger partial charge in [-0.3, -0.25) is 4.79 Å². The van der Waals surface area contributed by atoms with Crippen LogP contribution in [0.4, 0.5) is 0 Å². The molecule has 31 valence electrons. The first-order valence-corrected chi connectivity index (χ1v) is 1.49. The quantitative estimate of drug-likeness (QED) is 0.473. The Morgan fingerprint density at radius 2 is 2.00 bits per heavy atom. The van der Waals surface area contributed by atoms with Crippen molar-refractivity contribution in [2.24, 2.45) is 0 Å². The molecule has 0 aromatic rings. The second-order valence-electron chi connectivity index (χ2n) is 0.747. The van der Waals surface area contributed by atoms with Crippen molar-refractivity contribution in [3.05, 3.63) is 0 Å². The van der Waals surface area contributed by atoms with Gasteiger partial charge in [-0.25, -0.2) is 0 Å². The van der Waals surface area contributed by atoms with E-state index in [1.807, 2.05) is 0 Å². The van der Waals surface area contributed by atoms with Crippen LogP contribution in [0, 0.1) is 0 Å². The number of carboxylic acid groups (broad SMARTS) is 1. The summed E-state index contributed by atoms with van der Waals surface area (Å²) in [4.78, 5) is 9.37. The molecule has 0 aromatic heterocycles. The molecule has 0 aromatic carbocycles. The van der Waals surface area contributed by atoms with Crippen LogP contribution in [0.25, 0.3) is 0 Å². The first kappa shape index (κ1) is 9.69. The third-order valence-electron chi connectivity index (χ3n) is 0.302. The van der Waals surface area contributed by atoms with Crippen LogP contribution in [0.1, 0.15) is 13.3 Å². The van der Waals surface area contributed by atoms with E-state index in [1.54, 1.807) is 6.92 Å². The van der Waals surface area contributed by atoms with Crippen LogP contribution in [0.3, 0.4) is 0 Å². The summed E-state index contributed by atoms with van der Waals surface area (Å²) < 4.78 is 0. The summed E-state index contributed by atoms with van der Waals surface area (Å²) in [6, 6.07) is 0. The van der Waals surface area contributed by atoms with Crippen molar-refractivity contribution in [3.8, 4) is 0 Å². The average Bonchev–Trinajstić information content (AvgIpc) is 1.38. The van der Waals surface area contributed by atoms with Gasteiger partial charge in [-0.1, -0.05) is 6.92 Å². The Balaban J connectivity index is 0. The van der Waals surface area contributed by atoms with E-state index in [0.29, 0.717) is 0 Å². The molecule has 0 atom stereocenters. The Morgan fingerprint density at radius 1 is 1.83 bits per heavy atom. The predicted molar refractivity (Wildman–Crippen MR) is 23.7 cm³/mol. The maximum atomic E-state index is 9.37. The van der Waals surface area contributed by atoms with E-state index >= 15 is 0 Å². The zero-order valence-electron chi connectivity index (χ0n) is 4.06. The first-order valence-electron chi connectivity index (χ1n) is 1.49. The Bertz CT molecular complexity index is 44.1.